The lowest BCUT2D eigenvalue weighted by atomic mass is 10.0. The summed E-state index contributed by atoms with van der Waals surface area (Å²) >= 11 is 1.13. The van der Waals surface area contributed by atoms with Crippen molar-refractivity contribution >= 4 is 33.3 Å². The fourth-order valence-electron chi connectivity index (χ4n) is 2.39. The van der Waals surface area contributed by atoms with Gasteiger partial charge in [0.2, 0.25) is 0 Å². The van der Waals surface area contributed by atoms with Crippen molar-refractivity contribution in [2.45, 2.75) is 18.9 Å². The summed E-state index contributed by atoms with van der Waals surface area (Å²) < 4.78 is 5.20. The van der Waals surface area contributed by atoms with Crippen molar-refractivity contribution in [1.29, 1.82) is 0 Å². The summed E-state index contributed by atoms with van der Waals surface area (Å²) in [6.45, 7) is 2.87. The molecule has 1 fully saturated rings. The van der Waals surface area contributed by atoms with Gasteiger partial charge in [-0.2, -0.15) is 0 Å². The number of nitrogens with one attached hydrogen (secondary N) is 1. The normalized spacial score (nSPS) is 21.8. The fourth-order valence-corrected chi connectivity index (χ4v) is 3.38. The van der Waals surface area contributed by atoms with Crippen molar-refractivity contribution in [1.82, 2.24) is 9.97 Å². The summed E-state index contributed by atoms with van der Waals surface area (Å²) in [6, 6.07) is 0. The molecule has 1 saturated heterocycles. The molecule has 2 aromatic rings. The van der Waals surface area contributed by atoms with Gasteiger partial charge in [0.05, 0.1) is 12.0 Å². The zero-order valence-corrected chi connectivity index (χ0v) is 12.2. The van der Waals surface area contributed by atoms with Crippen LogP contribution in [0.2, 0.25) is 0 Å². The summed E-state index contributed by atoms with van der Waals surface area (Å²) in [5, 5.41) is 23.2. The van der Waals surface area contributed by atoms with Crippen LogP contribution >= 0.6 is 11.3 Å². The Kier molecular flexibility index (Phi) is 3.52. The predicted molar refractivity (Wildman–Crippen MR) is 78.0 cm³/mol. The zero-order chi connectivity index (χ0) is 15.0. The molecule has 112 valence electrons. The van der Waals surface area contributed by atoms with Gasteiger partial charge in [0.15, 0.2) is 0 Å². The van der Waals surface area contributed by atoms with E-state index < -0.39 is 11.6 Å². The van der Waals surface area contributed by atoms with E-state index in [0.717, 1.165) is 11.3 Å². The lowest BCUT2D eigenvalue weighted by molar-refractivity contribution is 0.0381. The van der Waals surface area contributed by atoms with Gasteiger partial charge in [-0.3, -0.25) is 0 Å². The molecular formula is C13H15N3O4S. The maximum Gasteiger partial charge on any atom is 0.346 e. The molecule has 3 N–H and O–H groups in total. The summed E-state index contributed by atoms with van der Waals surface area (Å²) in [5.74, 6) is -0.425. The minimum atomic E-state index is -0.968. The molecule has 1 unspecified atom stereocenters. The quantitative estimate of drug-likeness (QED) is 0.781. The summed E-state index contributed by atoms with van der Waals surface area (Å²) in [7, 11) is 0. The van der Waals surface area contributed by atoms with Gasteiger partial charge in [-0.05, 0) is 12.5 Å². The number of aryl methyl sites for hydroxylation is 1. The first-order valence-electron chi connectivity index (χ1n) is 6.51. The Hall–Kier alpha value is -1.77. The molecule has 1 aliphatic heterocycles. The lowest BCUT2D eigenvalue weighted by Gasteiger charge is -2.21. The maximum atomic E-state index is 11.2. The number of anilines is 1. The minimum Gasteiger partial charge on any atom is -0.477 e. The van der Waals surface area contributed by atoms with Gasteiger partial charge >= 0.3 is 5.97 Å². The number of hydrogen-bond donors (Lipinski definition) is 3. The van der Waals surface area contributed by atoms with E-state index in [2.05, 4.69) is 15.3 Å². The van der Waals surface area contributed by atoms with Crippen LogP contribution in [0, 0.1) is 6.92 Å². The first kappa shape index (κ1) is 14.2. The Morgan fingerprint density at radius 3 is 3.05 bits per heavy atom. The fraction of sp³-hybridized carbons (Fsp3) is 0.462. The number of nitrogens with zero attached hydrogens (tertiary/aromatic N) is 2. The van der Waals surface area contributed by atoms with E-state index in [1.54, 1.807) is 6.92 Å². The maximum absolute atomic E-state index is 11.2. The van der Waals surface area contributed by atoms with Gasteiger partial charge in [0, 0.05) is 19.6 Å². The van der Waals surface area contributed by atoms with Gasteiger partial charge < -0.3 is 20.3 Å². The SMILES string of the molecule is Cc1c(C(=O)O)sc2ncnc(NCC3(O)CCOC3)c12. The van der Waals surface area contributed by atoms with E-state index in [-0.39, 0.29) is 11.5 Å². The van der Waals surface area contributed by atoms with Crippen molar-refractivity contribution in [2.75, 3.05) is 25.1 Å². The Labute approximate surface area is 124 Å². The van der Waals surface area contributed by atoms with Crippen LogP contribution in [0.4, 0.5) is 5.82 Å². The number of ether oxygens (including phenoxy) is 1. The monoisotopic (exact) mass is 309 g/mol. The third-order valence-corrected chi connectivity index (χ3v) is 4.78. The van der Waals surface area contributed by atoms with Crippen LogP contribution in [0.3, 0.4) is 0 Å². The van der Waals surface area contributed by atoms with Crippen LogP contribution in [0.15, 0.2) is 6.33 Å². The third-order valence-electron chi connectivity index (χ3n) is 3.59. The van der Waals surface area contributed by atoms with E-state index in [9.17, 15) is 15.0 Å². The third kappa shape index (κ3) is 2.57. The van der Waals surface area contributed by atoms with Gasteiger partial charge in [-0.1, -0.05) is 0 Å². The molecule has 1 atom stereocenters. The van der Waals surface area contributed by atoms with Gasteiger partial charge in [-0.25, -0.2) is 14.8 Å². The minimum absolute atomic E-state index is 0.261. The van der Waals surface area contributed by atoms with E-state index in [1.165, 1.54) is 6.33 Å². The number of fused-ring (bicyclic) bond motifs is 1. The molecule has 1 aliphatic rings. The van der Waals surface area contributed by atoms with Crippen LogP contribution in [0.25, 0.3) is 10.2 Å². The highest BCUT2D eigenvalue weighted by Gasteiger charge is 2.32. The van der Waals surface area contributed by atoms with Gasteiger partial charge in [0.25, 0.3) is 0 Å². The standard InChI is InChI=1S/C13H15N3O4S/c1-7-8-10(14-4-13(19)2-3-20-5-13)15-6-16-11(8)21-9(7)12(17)18/h6,19H,2-5H2,1H3,(H,17,18)(H,14,15,16). The number of aliphatic hydroxyl groups is 1. The first-order valence-corrected chi connectivity index (χ1v) is 7.33. The number of thiophene rings is 1. The molecule has 0 saturated carbocycles. The molecule has 3 heterocycles. The molecule has 0 amide bonds. The highest BCUT2D eigenvalue weighted by atomic mass is 32.1. The van der Waals surface area contributed by atoms with E-state index in [4.69, 9.17) is 4.74 Å². The molecular weight excluding hydrogens is 294 g/mol. The van der Waals surface area contributed by atoms with Crippen LogP contribution in [0.5, 0.6) is 0 Å². The van der Waals surface area contributed by atoms with Crippen molar-refractivity contribution in [2.24, 2.45) is 0 Å². The number of hydrogen-bond acceptors (Lipinski definition) is 7. The van der Waals surface area contributed by atoms with E-state index in [0.29, 0.717) is 41.2 Å². The van der Waals surface area contributed by atoms with Crippen molar-refractivity contribution in [3.8, 4) is 0 Å². The average molecular weight is 309 g/mol. The number of aromatic nitrogens is 2. The smallest absolute Gasteiger partial charge is 0.346 e. The second-order valence-corrected chi connectivity index (χ2v) is 6.14. The Balaban J connectivity index is 1.93. The van der Waals surface area contributed by atoms with Gasteiger partial charge in [-0.15, -0.1) is 11.3 Å². The number of carboxylic acids is 1. The molecule has 3 rings (SSSR count). The van der Waals surface area contributed by atoms with E-state index >= 15 is 0 Å². The molecule has 0 aromatic carbocycles. The summed E-state index contributed by atoms with van der Waals surface area (Å²) in [4.78, 5) is 20.4. The summed E-state index contributed by atoms with van der Waals surface area (Å²) in [5.41, 5.74) is -0.267. The predicted octanol–water partition coefficient (Wildman–Crippen LogP) is 1.26. The van der Waals surface area contributed by atoms with Gasteiger partial charge in [0.1, 0.15) is 27.5 Å². The van der Waals surface area contributed by atoms with Crippen molar-refractivity contribution < 1.29 is 19.7 Å². The molecule has 0 spiro atoms. The molecule has 0 aliphatic carbocycles. The largest absolute Gasteiger partial charge is 0.477 e. The Bertz CT molecular complexity index is 694. The van der Waals surface area contributed by atoms with Crippen molar-refractivity contribution in [3.63, 3.8) is 0 Å². The Morgan fingerprint density at radius 2 is 2.38 bits per heavy atom. The van der Waals surface area contributed by atoms with Crippen molar-refractivity contribution in [3.05, 3.63) is 16.8 Å². The molecule has 8 heteroatoms. The highest BCUT2D eigenvalue weighted by Crippen LogP contribution is 2.33. The Morgan fingerprint density at radius 1 is 1.57 bits per heavy atom. The second-order valence-electron chi connectivity index (χ2n) is 5.14. The van der Waals surface area contributed by atoms with Crippen LogP contribution in [-0.2, 0) is 4.74 Å². The summed E-state index contributed by atoms with van der Waals surface area (Å²) in [6.07, 6.45) is 1.96. The average Bonchev–Trinajstić information content (AvgIpc) is 3.02. The first-order chi connectivity index (χ1) is 10.0. The second kappa shape index (κ2) is 5.21. The molecule has 21 heavy (non-hydrogen) atoms. The molecule has 0 bridgehead atoms. The van der Waals surface area contributed by atoms with Crippen LogP contribution in [-0.4, -0.2) is 51.5 Å². The number of carboxylic acid groups (broad SMARTS) is 1. The lowest BCUT2D eigenvalue weighted by Crippen LogP contribution is -2.37. The van der Waals surface area contributed by atoms with Crippen LogP contribution in [0.1, 0.15) is 21.7 Å². The number of aromatic carboxylic acids is 1. The zero-order valence-electron chi connectivity index (χ0n) is 11.4. The molecule has 0 radical (unpaired) electrons. The molecule has 2 aromatic heterocycles. The van der Waals surface area contributed by atoms with Crippen LogP contribution < -0.4 is 5.32 Å². The number of carbonyl (C=O) groups is 1. The van der Waals surface area contributed by atoms with E-state index in [1.807, 2.05) is 0 Å². The molecule has 7 nitrogen and oxygen atoms in total. The highest BCUT2D eigenvalue weighted by molar-refractivity contribution is 7.20. The topological polar surface area (TPSA) is 105 Å². The number of rotatable bonds is 4.